The van der Waals surface area contributed by atoms with Gasteiger partial charge in [0.05, 0.1) is 0 Å². The number of halogens is 1. The Morgan fingerprint density at radius 1 is 1.19 bits per heavy atom. The van der Waals surface area contributed by atoms with Crippen molar-refractivity contribution in [2.75, 3.05) is 31.5 Å². The Balaban J connectivity index is 1.67. The van der Waals surface area contributed by atoms with Crippen LogP contribution in [0.2, 0.25) is 5.02 Å². The van der Waals surface area contributed by atoms with Gasteiger partial charge in [0.25, 0.3) is 5.91 Å². The second kappa shape index (κ2) is 8.14. The van der Waals surface area contributed by atoms with Gasteiger partial charge in [0.15, 0.2) is 0 Å². The van der Waals surface area contributed by atoms with E-state index in [9.17, 15) is 9.59 Å². The zero-order valence-electron chi connectivity index (χ0n) is 14.5. The number of rotatable bonds is 5. The maximum absolute atomic E-state index is 12.7. The summed E-state index contributed by atoms with van der Waals surface area (Å²) in [5.74, 6) is 0.985. The molecule has 1 aromatic heterocycles. The molecule has 1 saturated heterocycles. The van der Waals surface area contributed by atoms with Crippen LogP contribution in [0.4, 0.5) is 5.82 Å². The summed E-state index contributed by atoms with van der Waals surface area (Å²) in [5.41, 5.74) is 1.42. The van der Waals surface area contributed by atoms with Crippen LogP contribution in [0, 0.1) is 6.92 Å². The van der Waals surface area contributed by atoms with Gasteiger partial charge in [0.2, 0.25) is 6.41 Å². The summed E-state index contributed by atoms with van der Waals surface area (Å²) in [7, 11) is 0. The number of hydrogen-bond donors (Lipinski definition) is 1. The van der Waals surface area contributed by atoms with E-state index in [1.165, 1.54) is 0 Å². The third-order valence-electron chi connectivity index (χ3n) is 4.19. The fourth-order valence-electron chi connectivity index (χ4n) is 2.76. The van der Waals surface area contributed by atoms with E-state index in [1.807, 2.05) is 24.3 Å². The first kappa shape index (κ1) is 18.1. The number of benzene rings is 1. The lowest BCUT2D eigenvalue weighted by molar-refractivity contribution is -0.119. The maximum Gasteiger partial charge on any atom is 0.272 e. The highest BCUT2D eigenvalue weighted by Crippen LogP contribution is 2.14. The molecular weight excluding hydrogens is 354 g/mol. The van der Waals surface area contributed by atoms with E-state index in [1.54, 1.807) is 22.8 Å². The molecule has 0 bridgehead atoms. The van der Waals surface area contributed by atoms with E-state index in [-0.39, 0.29) is 5.91 Å². The highest BCUT2D eigenvalue weighted by molar-refractivity contribution is 6.30. The minimum absolute atomic E-state index is 0.143. The van der Waals surface area contributed by atoms with Crippen molar-refractivity contribution in [1.82, 2.24) is 19.8 Å². The number of nitrogens with one attached hydrogen (secondary N) is 1. The molecule has 1 aliphatic rings. The van der Waals surface area contributed by atoms with Crippen LogP contribution in [0.25, 0.3) is 0 Å². The fraction of sp³-hybridized carbons (Fsp3) is 0.333. The molecule has 0 saturated carbocycles. The Hall–Kier alpha value is -2.67. The van der Waals surface area contributed by atoms with Gasteiger partial charge in [-0.3, -0.25) is 9.59 Å². The molecule has 1 aromatic carbocycles. The predicted molar refractivity (Wildman–Crippen MR) is 99.1 cm³/mol. The van der Waals surface area contributed by atoms with Crippen molar-refractivity contribution >= 4 is 29.7 Å². The third kappa shape index (κ3) is 4.49. The maximum atomic E-state index is 12.7. The van der Waals surface area contributed by atoms with Gasteiger partial charge in [-0.1, -0.05) is 23.7 Å². The van der Waals surface area contributed by atoms with E-state index in [2.05, 4.69) is 15.3 Å². The summed E-state index contributed by atoms with van der Waals surface area (Å²) in [4.78, 5) is 35.5. The van der Waals surface area contributed by atoms with Crippen LogP contribution in [0.5, 0.6) is 0 Å². The van der Waals surface area contributed by atoms with Gasteiger partial charge in [-0.25, -0.2) is 9.97 Å². The van der Waals surface area contributed by atoms with Crippen molar-refractivity contribution in [1.29, 1.82) is 0 Å². The van der Waals surface area contributed by atoms with Crippen molar-refractivity contribution in [3.63, 3.8) is 0 Å². The van der Waals surface area contributed by atoms with Crippen LogP contribution in [0.3, 0.4) is 0 Å². The largest absolute Gasteiger partial charge is 0.366 e. The molecule has 8 heteroatoms. The van der Waals surface area contributed by atoms with Crippen LogP contribution in [0.1, 0.15) is 21.9 Å². The van der Waals surface area contributed by atoms with Crippen molar-refractivity contribution in [2.45, 2.75) is 13.5 Å². The molecule has 3 rings (SSSR count). The fourth-order valence-corrected chi connectivity index (χ4v) is 2.88. The molecule has 136 valence electrons. The van der Waals surface area contributed by atoms with Crippen molar-refractivity contribution in [3.8, 4) is 0 Å². The Labute approximate surface area is 157 Å². The quantitative estimate of drug-likeness (QED) is 0.810. The molecule has 0 spiro atoms. The SMILES string of the molecule is Cc1nc(NCc2ccc(Cl)cc2)cc(C(=O)N2CCN(C=O)CC2)n1. The van der Waals surface area contributed by atoms with Crippen LogP contribution < -0.4 is 5.32 Å². The lowest BCUT2D eigenvalue weighted by Crippen LogP contribution is -2.48. The average Bonchev–Trinajstić information content (AvgIpc) is 2.66. The van der Waals surface area contributed by atoms with Gasteiger partial charge < -0.3 is 15.1 Å². The summed E-state index contributed by atoms with van der Waals surface area (Å²) in [6.07, 6.45) is 0.815. The Kier molecular flexibility index (Phi) is 5.68. The van der Waals surface area contributed by atoms with Crippen molar-refractivity contribution in [3.05, 3.63) is 52.4 Å². The molecular formula is C18H20ClN5O2. The molecule has 2 heterocycles. The van der Waals surface area contributed by atoms with E-state index in [4.69, 9.17) is 11.6 Å². The Morgan fingerprint density at radius 2 is 1.88 bits per heavy atom. The molecule has 0 unspecified atom stereocenters. The summed E-state index contributed by atoms with van der Waals surface area (Å²) in [6.45, 7) is 4.43. The number of carbonyl (C=O) groups is 2. The first-order valence-electron chi connectivity index (χ1n) is 8.38. The van der Waals surface area contributed by atoms with Crippen LogP contribution in [-0.2, 0) is 11.3 Å². The number of piperazine rings is 1. The van der Waals surface area contributed by atoms with Crippen LogP contribution >= 0.6 is 11.6 Å². The lowest BCUT2D eigenvalue weighted by Gasteiger charge is -2.32. The zero-order chi connectivity index (χ0) is 18.5. The normalized spacial score (nSPS) is 14.2. The lowest BCUT2D eigenvalue weighted by atomic mass is 10.2. The van der Waals surface area contributed by atoms with Crippen molar-refractivity contribution < 1.29 is 9.59 Å². The average molecular weight is 374 g/mol. The number of hydrogen-bond acceptors (Lipinski definition) is 5. The predicted octanol–water partition coefficient (Wildman–Crippen LogP) is 1.96. The molecule has 2 amide bonds. The molecule has 0 atom stereocenters. The Bertz CT molecular complexity index is 789. The molecule has 7 nitrogen and oxygen atoms in total. The monoisotopic (exact) mass is 373 g/mol. The summed E-state index contributed by atoms with van der Waals surface area (Å²) in [5, 5.41) is 3.91. The van der Waals surface area contributed by atoms with Gasteiger partial charge in [-0.15, -0.1) is 0 Å². The third-order valence-corrected chi connectivity index (χ3v) is 4.45. The number of nitrogens with zero attached hydrogens (tertiary/aromatic N) is 4. The molecule has 1 N–H and O–H groups in total. The topological polar surface area (TPSA) is 78.4 Å². The molecule has 1 fully saturated rings. The zero-order valence-corrected chi connectivity index (χ0v) is 15.2. The molecule has 26 heavy (non-hydrogen) atoms. The highest BCUT2D eigenvalue weighted by Gasteiger charge is 2.23. The second-order valence-electron chi connectivity index (χ2n) is 6.10. The van der Waals surface area contributed by atoms with Gasteiger partial charge in [-0.2, -0.15) is 0 Å². The number of aryl methyl sites for hydroxylation is 1. The number of aromatic nitrogens is 2. The number of anilines is 1. The van der Waals surface area contributed by atoms with Gasteiger partial charge in [0.1, 0.15) is 17.3 Å². The standard InChI is InChI=1S/C18H20ClN5O2/c1-13-21-16(18(26)24-8-6-23(12-25)7-9-24)10-17(22-13)20-11-14-2-4-15(19)5-3-14/h2-5,10,12H,6-9,11H2,1H3,(H,20,21,22). The molecule has 1 aliphatic heterocycles. The van der Waals surface area contributed by atoms with E-state index in [0.717, 1.165) is 12.0 Å². The minimum Gasteiger partial charge on any atom is -0.366 e. The Morgan fingerprint density at radius 3 is 2.54 bits per heavy atom. The van der Waals surface area contributed by atoms with Gasteiger partial charge >= 0.3 is 0 Å². The first-order valence-corrected chi connectivity index (χ1v) is 8.75. The highest BCUT2D eigenvalue weighted by atomic mass is 35.5. The van der Waals surface area contributed by atoms with E-state index < -0.39 is 0 Å². The number of amides is 2. The van der Waals surface area contributed by atoms with E-state index >= 15 is 0 Å². The van der Waals surface area contributed by atoms with Gasteiger partial charge in [0, 0.05) is 43.8 Å². The molecule has 0 radical (unpaired) electrons. The van der Waals surface area contributed by atoms with Crippen molar-refractivity contribution in [2.24, 2.45) is 0 Å². The summed E-state index contributed by atoms with van der Waals surface area (Å²) < 4.78 is 0. The molecule has 2 aromatic rings. The van der Waals surface area contributed by atoms with Crippen LogP contribution in [0.15, 0.2) is 30.3 Å². The number of carbonyl (C=O) groups excluding carboxylic acids is 2. The summed E-state index contributed by atoms with van der Waals surface area (Å²) >= 11 is 5.89. The van der Waals surface area contributed by atoms with Gasteiger partial charge in [-0.05, 0) is 24.6 Å². The second-order valence-corrected chi connectivity index (χ2v) is 6.54. The van der Waals surface area contributed by atoms with E-state index in [0.29, 0.717) is 55.1 Å². The smallest absolute Gasteiger partial charge is 0.272 e. The van der Waals surface area contributed by atoms with Crippen LogP contribution in [-0.4, -0.2) is 58.3 Å². The first-order chi connectivity index (χ1) is 12.5. The molecule has 0 aliphatic carbocycles. The summed E-state index contributed by atoms with van der Waals surface area (Å²) in [6, 6.07) is 9.19. The minimum atomic E-state index is -0.143.